The Bertz CT molecular complexity index is 405. The van der Waals surface area contributed by atoms with E-state index in [0.717, 1.165) is 24.1 Å². The van der Waals surface area contributed by atoms with Crippen LogP contribution in [0.25, 0.3) is 0 Å². The standard InChI is InChI=1S/C15H21NO/c1-11-6-7-14(12(2)9-11)15(17)10-13-5-3-4-8-16-13/h6-7,9,13,16H,3-5,8,10H2,1-2H3. The normalized spacial score (nSPS) is 20.2. The van der Waals surface area contributed by atoms with E-state index in [1.165, 1.54) is 18.4 Å². The topological polar surface area (TPSA) is 29.1 Å². The number of hydrogen-bond donors (Lipinski definition) is 1. The number of benzene rings is 1. The molecule has 0 aliphatic carbocycles. The van der Waals surface area contributed by atoms with Gasteiger partial charge in [-0.2, -0.15) is 0 Å². The number of rotatable bonds is 3. The molecule has 0 spiro atoms. The Labute approximate surface area is 103 Å². The van der Waals surface area contributed by atoms with Gasteiger partial charge in [-0.3, -0.25) is 4.79 Å². The molecule has 2 nitrogen and oxygen atoms in total. The fourth-order valence-electron chi connectivity index (χ4n) is 2.56. The van der Waals surface area contributed by atoms with Crippen molar-refractivity contribution in [3.05, 3.63) is 34.9 Å². The minimum Gasteiger partial charge on any atom is -0.314 e. The van der Waals surface area contributed by atoms with Crippen LogP contribution in [0.3, 0.4) is 0 Å². The summed E-state index contributed by atoms with van der Waals surface area (Å²) in [6.07, 6.45) is 4.27. The largest absolute Gasteiger partial charge is 0.314 e. The van der Waals surface area contributed by atoms with Gasteiger partial charge in [0.05, 0.1) is 0 Å². The van der Waals surface area contributed by atoms with E-state index in [1.807, 2.05) is 19.1 Å². The lowest BCUT2D eigenvalue weighted by atomic mass is 9.94. The average Bonchev–Trinajstić information content (AvgIpc) is 2.30. The van der Waals surface area contributed by atoms with Crippen LogP contribution in [0, 0.1) is 13.8 Å². The molecule has 0 amide bonds. The molecule has 1 atom stereocenters. The molecule has 1 unspecified atom stereocenters. The molecule has 2 rings (SSSR count). The van der Waals surface area contributed by atoms with E-state index in [4.69, 9.17) is 0 Å². The second-order valence-corrected chi connectivity index (χ2v) is 5.09. The predicted molar refractivity (Wildman–Crippen MR) is 70.5 cm³/mol. The highest BCUT2D eigenvalue weighted by Crippen LogP contribution is 2.17. The number of aryl methyl sites for hydroxylation is 2. The summed E-state index contributed by atoms with van der Waals surface area (Å²) in [5, 5.41) is 3.43. The zero-order chi connectivity index (χ0) is 12.3. The lowest BCUT2D eigenvalue weighted by Crippen LogP contribution is -2.35. The van der Waals surface area contributed by atoms with Crippen molar-refractivity contribution >= 4 is 5.78 Å². The van der Waals surface area contributed by atoms with E-state index in [9.17, 15) is 4.79 Å². The van der Waals surface area contributed by atoms with Gasteiger partial charge < -0.3 is 5.32 Å². The highest BCUT2D eigenvalue weighted by molar-refractivity contribution is 5.97. The van der Waals surface area contributed by atoms with Gasteiger partial charge in [0.25, 0.3) is 0 Å². The molecule has 0 aromatic heterocycles. The summed E-state index contributed by atoms with van der Waals surface area (Å²) < 4.78 is 0. The maximum atomic E-state index is 12.2. The highest BCUT2D eigenvalue weighted by atomic mass is 16.1. The lowest BCUT2D eigenvalue weighted by Gasteiger charge is -2.23. The molecule has 1 aromatic carbocycles. The van der Waals surface area contributed by atoms with Crippen molar-refractivity contribution in [2.45, 2.75) is 45.6 Å². The summed E-state index contributed by atoms with van der Waals surface area (Å²) in [5.74, 6) is 0.280. The zero-order valence-corrected chi connectivity index (χ0v) is 10.8. The highest BCUT2D eigenvalue weighted by Gasteiger charge is 2.18. The Balaban J connectivity index is 2.03. The molecular formula is C15H21NO. The molecular weight excluding hydrogens is 210 g/mol. The molecule has 1 N–H and O–H groups in total. The van der Waals surface area contributed by atoms with E-state index in [1.54, 1.807) is 0 Å². The molecule has 1 saturated heterocycles. The molecule has 1 aliphatic rings. The van der Waals surface area contributed by atoms with E-state index >= 15 is 0 Å². The first kappa shape index (κ1) is 12.3. The maximum Gasteiger partial charge on any atom is 0.164 e. The van der Waals surface area contributed by atoms with Gasteiger partial charge in [-0.25, -0.2) is 0 Å². The first-order valence-corrected chi connectivity index (χ1v) is 6.50. The summed E-state index contributed by atoms with van der Waals surface area (Å²) in [7, 11) is 0. The summed E-state index contributed by atoms with van der Waals surface area (Å²) in [6, 6.07) is 6.46. The van der Waals surface area contributed by atoms with Gasteiger partial charge in [0.15, 0.2) is 5.78 Å². The van der Waals surface area contributed by atoms with Gasteiger partial charge in [-0.15, -0.1) is 0 Å². The van der Waals surface area contributed by atoms with Crippen LogP contribution < -0.4 is 5.32 Å². The summed E-state index contributed by atoms with van der Waals surface area (Å²) in [4.78, 5) is 12.2. The van der Waals surface area contributed by atoms with Crippen LogP contribution in [0.1, 0.15) is 47.2 Å². The predicted octanol–water partition coefficient (Wildman–Crippen LogP) is 3.02. The smallest absolute Gasteiger partial charge is 0.164 e. The number of Topliss-reactive ketones (excluding diaryl/α,β-unsaturated/α-hetero) is 1. The Morgan fingerprint density at radius 3 is 2.82 bits per heavy atom. The Morgan fingerprint density at radius 2 is 2.18 bits per heavy atom. The van der Waals surface area contributed by atoms with E-state index in [0.29, 0.717) is 12.5 Å². The summed E-state index contributed by atoms with van der Waals surface area (Å²) in [5.41, 5.74) is 3.21. The first-order valence-electron chi connectivity index (χ1n) is 6.50. The lowest BCUT2D eigenvalue weighted by molar-refractivity contribution is 0.0963. The second-order valence-electron chi connectivity index (χ2n) is 5.09. The molecule has 1 aromatic rings. The Morgan fingerprint density at radius 1 is 1.35 bits per heavy atom. The van der Waals surface area contributed by atoms with E-state index in [-0.39, 0.29) is 5.78 Å². The van der Waals surface area contributed by atoms with Crippen molar-refractivity contribution in [1.82, 2.24) is 5.32 Å². The summed E-state index contributed by atoms with van der Waals surface area (Å²) in [6.45, 7) is 5.14. The van der Waals surface area contributed by atoms with Crippen molar-refractivity contribution in [3.63, 3.8) is 0 Å². The third-order valence-corrected chi connectivity index (χ3v) is 3.53. The van der Waals surface area contributed by atoms with Crippen LogP contribution in [0.15, 0.2) is 18.2 Å². The van der Waals surface area contributed by atoms with Crippen LogP contribution in [0.2, 0.25) is 0 Å². The van der Waals surface area contributed by atoms with Crippen LogP contribution >= 0.6 is 0 Å². The monoisotopic (exact) mass is 231 g/mol. The van der Waals surface area contributed by atoms with Crippen LogP contribution in [-0.2, 0) is 0 Å². The van der Waals surface area contributed by atoms with E-state index in [2.05, 4.69) is 18.3 Å². The quantitative estimate of drug-likeness (QED) is 0.810. The van der Waals surface area contributed by atoms with Crippen LogP contribution in [-0.4, -0.2) is 18.4 Å². The van der Waals surface area contributed by atoms with Crippen LogP contribution in [0.4, 0.5) is 0 Å². The van der Waals surface area contributed by atoms with Crippen molar-refractivity contribution in [2.24, 2.45) is 0 Å². The number of carbonyl (C=O) groups is 1. The minimum absolute atomic E-state index is 0.280. The molecule has 1 fully saturated rings. The summed E-state index contributed by atoms with van der Waals surface area (Å²) >= 11 is 0. The van der Waals surface area contributed by atoms with Gasteiger partial charge in [-0.1, -0.05) is 30.2 Å². The van der Waals surface area contributed by atoms with E-state index < -0.39 is 0 Å². The maximum absolute atomic E-state index is 12.2. The SMILES string of the molecule is Cc1ccc(C(=O)CC2CCCCN2)c(C)c1. The van der Waals surface area contributed by atoms with Gasteiger partial charge in [0.2, 0.25) is 0 Å². The molecule has 92 valence electrons. The molecule has 17 heavy (non-hydrogen) atoms. The Kier molecular flexibility index (Phi) is 3.95. The van der Waals surface area contributed by atoms with Crippen molar-refractivity contribution in [2.75, 3.05) is 6.54 Å². The first-order chi connectivity index (χ1) is 8.16. The number of nitrogens with one attached hydrogen (secondary N) is 1. The molecule has 0 radical (unpaired) electrons. The third kappa shape index (κ3) is 3.16. The number of piperidine rings is 1. The third-order valence-electron chi connectivity index (χ3n) is 3.53. The molecule has 0 saturated carbocycles. The molecule has 1 heterocycles. The number of carbonyl (C=O) groups excluding carboxylic acids is 1. The van der Waals surface area contributed by atoms with Gasteiger partial charge >= 0.3 is 0 Å². The number of hydrogen-bond acceptors (Lipinski definition) is 2. The van der Waals surface area contributed by atoms with Gasteiger partial charge in [0, 0.05) is 18.0 Å². The molecule has 0 bridgehead atoms. The van der Waals surface area contributed by atoms with Crippen LogP contribution in [0.5, 0.6) is 0 Å². The second kappa shape index (κ2) is 5.46. The zero-order valence-electron chi connectivity index (χ0n) is 10.8. The Hall–Kier alpha value is -1.15. The minimum atomic E-state index is 0.280. The molecule has 1 aliphatic heterocycles. The number of ketones is 1. The average molecular weight is 231 g/mol. The van der Waals surface area contributed by atoms with Crippen molar-refractivity contribution < 1.29 is 4.79 Å². The van der Waals surface area contributed by atoms with Crippen molar-refractivity contribution in [1.29, 1.82) is 0 Å². The van der Waals surface area contributed by atoms with Gasteiger partial charge in [-0.05, 0) is 38.8 Å². The fourth-order valence-corrected chi connectivity index (χ4v) is 2.56. The van der Waals surface area contributed by atoms with Gasteiger partial charge in [0.1, 0.15) is 0 Å². The fraction of sp³-hybridized carbons (Fsp3) is 0.533. The molecule has 2 heteroatoms. The van der Waals surface area contributed by atoms with Crippen molar-refractivity contribution in [3.8, 4) is 0 Å².